The molecule has 1 aliphatic rings. The molecule has 1 unspecified atom stereocenters. The number of hydrogen-bond acceptors (Lipinski definition) is 7. The first-order valence-electron chi connectivity index (χ1n) is 8.80. The number of aliphatic hydroxyl groups is 1. The van der Waals surface area contributed by atoms with E-state index in [4.69, 9.17) is 10.5 Å². The molecule has 0 radical (unpaired) electrons. The van der Waals surface area contributed by atoms with Gasteiger partial charge in [-0.2, -0.15) is 0 Å². The number of amides is 1. The van der Waals surface area contributed by atoms with Crippen LogP contribution in [0.25, 0.3) is 6.08 Å². The van der Waals surface area contributed by atoms with Crippen molar-refractivity contribution in [2.24, 2.45) is 5.73 Å². The standard InChI is InChI=1S/C18H27N3O5S/c1-27(24,25)20-18(23)7-4-14-2-5-17(6-3-14)26-13-16(22)12-21-10-8-15(19)9-11-21/h2-7,15-16,22H,8-13,19H2,1H3,(H,20,23)/b7-4+. The zero-order valence-corrected chi connectivity index (χ0v) is 16.2. The van der Waals surface area contributed by atoms with E-state index in [1.165, 1.54) is 6.08 Å². The largest absolute Gasteiger partial charge is 0.491 e. The lowest BCUT2D eigenvalue weighted by molar-refractivity contribution is -0.114. The van der Waals surface area contributed by atoms with Crippen molar-refractivity contribution < 1.29 is 23.1 Å². The first-order valence-corrected chi connectivity index (χ1v) is 10.7. The molecule has 0 spiro atoms. The second kappa shape index (κ2) is 9.84. The zero-order valence-electron chi connectivity index (χ0n) is 15.4. The van der Waals surface area contributed by atoms with Crippen LogP contribution in [-0.2, 0) is 14.8 Å². The minimum Gasteiger partial charge on any atom is -0.491 e. The molecule has 0 saturated carbocycles. The fourth-order valence-electron chi connectivity index (χ4n) is 2.74. The molecule has 27 heavy (non-hydrogen) atoms. The normalized spacial score (nSPS) is 17.7. The highest BCUT2D eigenvalue weighted by Gasteiger charge is 2.18. The van der Waals surface area contributed by atoms with Gasteiger partial charge in [0.25, 0.3) is 5.91 Å². The summed E-state index contributed by atoms with van der Waals surface area (Å²) in [4.78, 5) is 13.6. The van der Waals surface area contributed by atoms with Gasteiger partial charge in [-0.3, -0.25) is 4.79 Å². The smallest absolute Gasteiger partial charge is 0.257 e. The molecule has 0 bridgehead atoms. The van der Waals surface area contributed by atoms with Crippen LogP contribution in [0.5, 0.6) is 5.75 Å². The van der Waals surface area contributed by atoms with Crippen LogP contribution in [-0.4, -0.2) is 69.0 Å². The number of hydrogen-bond donors (Lipinski definition) is 3. The molecule has 1 amide bonds. The quantitative estimate of drug-likeness (QED) is 0.525. The molecule has 1 fully saturated rings. The number of carbonyl (C=O) groups is 1. The molecule has 1 saturated heterocycles. The number of likely N-dealkylation sites (tertiary alicyclic amines) is 1. The van der Waals surface area contributed by atoms with E-state index in [0.29, 0.717) is 12.3 Å². The summed E-state index contributed by atoms with van der Waals surface area (Å²) in [5.74, 6) is -0.105. The molecule has 1 aromatic carbocycles. The van der Waals surface area contributed by atoms with Crippen LogP contribution in [0.2, 0.25) is 0 Å². The number of sulfonamides is 1. The predicted octanol–water partition coefficient (Wildman–Crippen LogP) is -0.0616. The summed E-state index contributed by atoms with van der Waals surface area (Å²) in [5.41, 5.74) is 6.59. The molecular weight excluding hydrogens is 370 g/mol. The van der Waals surface area contributed by atoms with Crippen LogP contribution in [0.4, 0.5) is 0 Å². The molecule has 8 nitrogen and oxygen atoms in total. The summed E-state index contributed by atoms with van der Waals surface area (Å²) >= 11 is 0. The van der Waals surface area contributed by atoms with E-state index in [-0.39, 0.29) is 12.6 Å². The summed E-state index contributed by atoms with van der Waals surface area (Å²) in [6, 6.07) is 7.18. The number of nitrogens with one attached hydrogen (secondary N) is 1. The van der Waals surface area contributed by atoms with Crippen molar-refractivity contribution in [1.82, 2.24) is 9.62 Å². The average Bonchev–Trinajstić information content (AvgIpc) is 2.60. The van der Waals surface area contributed by atoms with Gasteiger partial charge < -0.3 is 20.5 Å². The molecule has 0 aromatic heterocycles. The third kappa shape index (κ3) is 8.53. The summed E-state index contributed by atoms with van der Waals surface area (Å²) in [5, 5.41) is 10.1. The van der Waals surface area contributed by atoms with Crippen LogP contribution >= 0.6 is 0 Å². The van der Waals surface area contributed by atoms with Gasteiger partial charge in [0.1, 0.15) is 18.5 Å². The lowest BCUT2D eigenvalue weighted by atomic mass is 10.1. The molecule has 1 heterocycles. The highest BCUT2D eigenvalue weighted by atomic mass is 32.2. The van der Waals surface area contributed by atoms with Crippen LogP contribution in [0.1, 0.15) is 18.4 Å². The topological polar surface area (TPSA) is 122 Å². The Bertz CT molecular complexity index is 741. The molecule has 1 aromatic rings. The summed E-state index contributed by atoms with van der Waals surface area (Å²) in [7, 11) is -3.57. The van der Waals surface area contributed by atoms with Gasteiger partial charge in [0.05, 0.1) is 6.26 Å². The van der Waals surface area contributed by atoms with Crippen molar-refractivity contribution >= 4 is 22.0 Å². The third-order valence-corrected chi connectivity index (χ3v) is 4.71. The maximum Gasteiger partial charge on any atom is 0.257 e. The van der Waals surface area contributed by atoms with Gasteiger partial charge in [-0.25, -0.2) is 13.1 Å². The molecular formula is C18H27N3O5S. The van der Waals surface area contributed by atoms with E-state index >= 15 is 0 Å². The van der Waals surface area contributed by atoms with E-state index in [2.05, 4.69) is 4.90 Å². The SMILES string of the molecule is CS(=O)(=O)NC(=O)/C=C/c1ccc(OCC(O)CN2CCC(N)CC2)cc1. The Balaban J connectivity index is 1.75. The Morgan fingerprint density at radius 2 is 2.00 bits per heavy atom. The van der Waals surface area contributed by atoms with Crippen LogP contribution in [0.15, 0.2) is 30.3 Å². The lowest BCUT2D eigenvalue weighted by Crippen LogP contribution is -2.44. The van der Waals surface area contributed by atoms with Crippen molar-refractivity contribution in [3.8, 4) is 5.75 Å². The van der Waals surface area contributed by atoms with Gasteiger partial charge in [-0.15, -0.1) is 0 Å². The van der Waals surface area contributed by atoms with Gasteiger partial charge in [-0.1, -0.05) is 12.1 Å². The monoisotopic (exact) mass is 397 g/mol. The second-order valence-corrected chi connectivity index (χ2v) is 8.49. The molecule has 150 valence electrons. The van der Waals surface area contributed by atoms with E-state index in [1.54, 1.807) is 24.3 Å². The molecule has 0 aliphatic carbocycles. The second-order valence-electron chi connectivity index (χ2n) is 6.74. The first-order chi connectivity index (χ1) is 12.7. The highest BCUT2D eigenvalue weighted by Crippen LogP contribution is 2.14. The van der Waals surface area contributed by atoms with Gasteiger partial charge in [0.15, 0.2) is 0 Å². The fraction of sp³-hybridized carbons (Fsp3) is 0.500. The summed E-state index contributed by atoms with van der Waals surface area (Å²) in [6.07, 6.45) is 4.87. The molecule has 9 heteroatoms. The summed E-state index contributed by atoms with van der Waals surface area (Å²) < 4.78 is 29.4. The highest BCUT2D eigenvalue weighted by molar-refractivity contribution is 7.89. The van der Waals surface area contributed by atoms with Crippen LogP contribution in [0, 0.1) is 0 Å². The van der Waals surface area contributed by atoms with Gasteiger partial charge >= 0.3 is 0 Å². The number of benzene rings is 1. The Kier molecular flexibility index (Phi) is 7.78. The summed E-state index contributed by atoms with van der Waals surface area (Å²) in [6.45, 7) is 2.54. The average molecular weight is 397 g/mol. The van der Waals surface area contributed by atoms with Gasteiger partial charge in [0.2, 0.25) is 10.0 Å². The van der Waals surface area contributed by atoms with Crippen molar-refractivity contribution in [3.05, 3.63) is 35.9 Å². The number of ether oxygens (including phenoxy) is 1. The maximum absolute atomic E-state index is 11.4. The third-order valence-electron chi connectivity index (χ3n) is 4.14. The first kappa shape index (κ1) is 21.4. The van der Waals surface area contributed by atoms with Crippen LogP contribution < -0.4 is 15.2 Å². The number of nitrogens with two attached hydrogens (primary N) is 1. The Labute approximate surface area is 160 Å². The van der Waals surface area contributed by atoms with Gasteiger partial charge in [0, 0.05) is 18.7 Å². The van der Waals surface area contributed by atoms with Crippen molar-refractivity contribution in [1.29, 1.82) is 0 Å². The number of aliphatic hydroxyl groups excluding tert-OH is 1. The van der Waals surface area contributed by atoms with E-state index < -0.39 is 22.0 Å². The lowest BCUT2D eigenvalue weighted by Gasteiger charge is -2.31. The number of nitrogens with zero attached hydrogens (tertiary/aromatic N) is 1. The Morgan fingerprint density at radius 3 is 2.59 bits per heavy atom. The van der Waals surface area contributed by atoms with Crippen LogP contribution in [0.3, 0.4) is 0 Å². The predicted molar refractivity (Wildman–Crippen MR) is 104 cm³/mol. The Hall–Kier alpha value is -1.94. The van der Waals surface area contributed by atoms with Crippen molar-refractivity contribution in [3.63, 3.8) is 0 Å². The number of piperidine rings is 1. The minimum atomic E-state index is -3.57. The molecule has 1 atom stereocenters. The minimum absolute atomic E-state index is 0.189. The van der Waals surface area contributed by atoms with E-state index in [1.807, 2.05) is 4.72 Å². The number of β-amino-alcohol motifs (C(OH)–C–C–N with tert-alkyl or cyclic N) is 1. The number of carbonyl (C=O) groups excluding carboxylic acids is 1. The van der Waals surface area contributed by atoms with E-state index in [0.717, 1.165) is 43.8 Å². The van der Waals surface area contributed by atoms with Gasteiger partial charge in [-0.05, 0) is 49.7 Å². The molecule has 2 rings (SSSR count). The van der Waals surface area contributed by atoms with Crippen molar-refractivity contribution in [2.75, 3.05) is 32.5 Å². The molecule has 4 N–H and O–H groups in total. The fourth-order valence-corrected chi connectivity index (χ4v) is 3.18. The zero-order chi connectivity index (χ0) is 19.9. The maximum atomic E-state index is 11.4. The Morgan fingerprint density at radius 1 is 1.37 bits per heavy atom. The molecule has 1 aliphatic heterocycles. The van der Waals surface area contributed by atoms with E-state index in [9.17, 15) is 18.3 Å². The number of rotatable bonds is 8. The van der Waals surface area contributed by atoms with Crippen molar-refractivity contribution in [2.45, 2.75) is 25.0 Å².